The van der Waals surface area contributed by atoms with Crippen LogP contribution in [0.5, 0.6) is 0 Å². The Morgan fingerprint density at radius 3 is 2.35 bits per heavy atom. The highest BCUT2D eigenvalue weighted by atomic mass is 32.2. The number of benzene rings is 2. The number of hydrogen-bond acceptors (Lipinski definition) is 5. The Hall–Kier alpha value is -3.20. The van der Waals surface area contributed by atoms with E-state index in [2.05, 4.69) is 16.0 Å². The van der Waals surface area contributed by atoms with E-state index >= 15 is 0 Å². The first kappa shape index (κ1) is 22.5. The van der Waals surface area contributed by atoms with E-state index in [1.807, 2.05) is 6.92 Å². The van der Waals surface area contributed by atoms with Crippen molar-refractivity contribution in [2.24, 2.45) is 0 Å². The summed E-state index contributed by atoms with van der Waals surface area (Å²) in [6.45, 7) is 3.53. The molecule has 164 valence electrons. The number of rotatable bonds is 5. The molecule has 3 N–H and O–H groups in total. The van der Waals surface area contributed by atoms with Crippen molar-refractivity contribution in [3.63, 3.8) is 0 Å². The molecule has 1 fully saturated rings. The molecule has 4 amide bonds. The summed E-state index contributed by atoms with van der Waals surface area (Å²) in [5, 5.41) is 7.78. The van der Waals surface area contributed by atoms with Crippen molar-refractivity contribution in [2.75, 3.05) is 16.9 Å². The molecule has 0 saturated carbocycles. The van der Waals surface area contributed by atoms with Crippen LogP contribution < -0.4 is 16.0 Å². The van der Waals surface area contributed by atoms with E-state index < -0.39 is 21.3 Å². The average Bonchev–Trinajstić information content (AvgIpc) is 2.70. The summed E-state index contributed by atoms with van der Waals surface area (Å²) < 4.78 is 23.7. The minimum atomic E-state index is -3.41. The molecule has 1 saturated heterocycles. The monoisotopic (exact) mass is 443 g/mol. The second-order valence-corrected chi connectivity index (χ2v) is 9.65. The summed E-state index contributed by atoms with van der Waals surface area (Å²) in [5.74, 6) is -0.565. The van der Waals surface area contributed by atoms with Gasteiger partial charge >= 0.3 is 6.03 Å². The number of anilines is 2. The third kappa shape index (κ3) is 4.61. The highest BCUT2D eigenvalue weighted by Gasteiger charge is 2.42. The number of nitrogens with one attached hydrogen (secondary N) is 3. The van der Waals surface area contributed by atoms with Gasteiger partial charge < -0.3 is 10.6 Å². The fraction of sp³-hybridized carbons (Fsp3) is 0.318. The lowest BCUT2D eigenvalue weighted by atomic mass is 9.72. The Labute approximate surface area is 181 Å². The van der Waals surface area contributed by atoms with Crippen molar-refractivity contribution in [2.45, 2.75) is 43.4 Å². The van der Waals surface area contributed by atoms with Crippen molar-refractivity contribution >= 4 is 39.1 Å². The minimum Gasteiger partial charge on any atom is -0.308 e. The predicted molar refractivity (Wildman–Crippen MR) is 118 cm³/mol. The van der Waals surface area contributed by atoms with Crippen molar-refractivity contribution < 1.29 is 22.8 Å². The highest BCUT2D eigenvalue weighted by Crippen LogP contribution is 2.36. The van der Waals surface area contributed by atoms with E-state index in [0.717, 1.165) is 11.8 Å². The Morgan fingerprint density at radius 2 is 1.77 bits per heavy atom. The zero-order valence-corrected chi connectivity index (χ0v) is 18.4. The zero-order chi connectivity index (χ0) is 22.8. The molecule has 0 aliphatic carbocycles. The number of carbonyl (C=O) groups excluding carboxylic acids is 3. The van der Waals surface area contributed by atoms with Crippen LogP contribution in [0, 0.1) is 6.92 Å². The van der Waals surface area contributed by atoms with Crippen LogP contribution in [-0.2, 0) is 24.8 Å². The van der Waals surface area contributed by atoms with Crippen LogP contribution in [0.1, 0.15) is 37.3 Å². The van der Waals surface area contributed by atoms with Crippen LogP contribution in [-0.4, -0.2) is 32.5 Å². The lowest BCUT2D eigenvalue weighted by Crippen LogP contribution is -2.51. The molecule has 1 atom stereocenters. The van der Waals surface area contributed by atoms with Crippen LogP contribution in [0.25, 0.3) is 0 Å². The molecule has 31 heavy (non-hydrogen) atoms. The molecule has 9 heteroatoms. The summed E-state index contributed by atoms with van der Waals surface area (Å²) >= 11 is 0. The van der Waals surface area contributed by atoms with E-state index in [0.29, 0.717) is 29.8 Å². The molecule has 0 radical (unpaired) electrons. The van der Waals surface area contributed by atoms with Crippen LogP contribution in [0.15, 0.2) is 47.4 Å². The van der Waals surface area contributed by atoms with Gasteiger partial charge in [-0.25, -0.2) is 13.2 Å². The quantitative estimate of drug-likeness (QED) is 0.613. The zero-order valence-electron chi connectivity index (χ0n) is 17.6. The normalized spacial score (nSPS) is 18.9. The average molecular weight is 444 g/mol. The standard InChI is InChI=1S/C22H25N3O5S/c1-4-22(13-12-19(26)25-20(22)27)15-8-10-16(11-9-15)23-21(28)24-17-6-5-7-18(14(17)2)31(3,29)30/h5-11H,4,12-13H2,1-3H3,(H2,23,24,28)(H,25,26,27). The summed E-state index contributed by atoms with van der Waals surface area (Å²) in [6.07, 6.45) is 2.40. The van der Waals surface area contributed by atoms with E-state index in [1.165, 1.54) is 6.07 Å². The Bertz CT molecular complexity index is 1140. The maximum atomic E-state index is 12.5. The molecule has 1 aliphatic heterocycles. The van der Waals surface area contributed by atoms with Gasteiger partial charge in [-0.05, 0) is 55.2 Å². The van der Waals surface area contributed by atoms with Gasteiger partial charge in [0.05, 0.1) is 10.3 Å². The van der Waals surface area contributed by atoms with Gasteiger partial charge in [0.2, 0.25) is 11.8 Å². The predicted octanol–water partition coefficient (Wildman–Crippen LogP) is 3.13. The number of imide groups is 1. The van der Waals surface area contributed by atoms with Crippen LogP contribution in [0.3, 0.4) is 0 Å². The second-order valence-electron chi connectivity index (χ2n) is 7.67. The molecule has 2 aromatic carbocycles. The summed E-state index contributed by atoms with van der Waals surface area (Å²) in [6, 6.07) is 11.1. The first-order chi connectivity index (χ1) is 14.6. The van der Waals surface area contributed by atoms with Gasteiger partial charge in [0, 0.05) is 24.1 Å². The largest absolute Gasteiger partial charge is 0.323 e. The molecular weight excluding hydrogens is 418 g/mol. The van der Waals surface area contributed by atoms with Gasteiger partial charge in [-0.15, -0.1) is 0 Å². The third-order valence-corrected chi connectivity index (χ3v) is 6.94. The van der Waals surface area contributed by atoms with E-state index in [1.54, 1.807) is 43.3 Å². The van der Waals surface area contributed by atoms with Gasteiger partial charge in [0.15, 0.2) is 9.84 Å². The third-order valence-electron chi connectivity index (χ3n) is 5.70. The SMILES string of the molecule is CCC1(c2ccc(NC(=O)Nc3cccc(S(C)(=O)=O)c3C)cc2)CCC(=O)NC1=O. The topological polar surface area (TPSA) is 121 Å². The molecule has 1 aliphatic rings. The fourth-order valence-corrected chi connectivity index (χ4v) is 4.87. The van der Waals surface area contributed by atoms with Crippen molar-refractivity contribution in [3.8, 4) is 0 Å². The lowest BCUT2D eigenvalue weighted by Gasteiger charge is -2.35. The molecule has 0 bridgehead atoms. The fourth-order valence-electron chi connectivity index (χ4n) is 3.87. The molecular formula is C22H25N3O5S. The van der Waals surface area contributed by atoms with Crippen LogP contribution >= 0.6 is 0 Å². The van der Waals surface area contributed by atoms with Gasteiger partial charge in [0.1, 0.15) is 0 Å². The van der Waals surface area contributed by atoms with Crippen molar-refractivity contribution in [1.29, 1.82) is 0 Å². The Balaban J connectivity index is 1.74. The number of piperidine rings is 1. The first-order valence-electron chi connectivity index (χ1n) is 9.89. The van der Waals surface area contributed by atoms with Gasteiger partial charge in [-0.3, -0.25) is 14.9 Å². The summed E-state index contributed by atoms with van der Waals surface area (Å²) in [7, 11) is -3.41. The van der Waals surface area contributed by atoms with Crippen LogP contribution in [0.4, 0.5) is 16.2 Å². The van der Waals surface area contributed by atoms with Crippen molar-refractivity contribution in [1.82, 2.24) is 5.32 Å². The molecule has 3 rings (SSSR count). The number of urea groups is 1. The molecule has 2 aromatic rings. The van der Waals surface area contributed by atoms with Gasteiger partial charge in [-0.1, -0.05) is 25.1 Å². The van der Waals surface area contributed by atoms with Crippen molar-refractivity contribution in [3.05, 3.63) is 53.6 Å². The maximum absolute atomic E-state index is 12.5. The molecule has 1 unspecified atom stereocenters. The Morgan fingerprint density at radius 1 is 1.10 bits per heavy atom. The number of hydrogen-bond donors (Lipinski definition) is 3. The van der Waals surface area contributed by atoms with Crippen LogP contribution in [0.2, 0.25) is 0 Å². The molecule has 8 nitrogen and oxygen atoms in total. The highest BCUT2D eigenvalue weighted by molar-refractivity contribution is 7.90. The van der Waals surface area contributed by atoms with E-state index in [-0.39, 0.29) is 23.1 Å². The summed E-state index contributed by atoms with van der Waals surface area (Å²) in [4.78, 5) is 36.6. The van der Waals surface area contributed by atoms with E-state index in [9.17, 15) is 22.8 Å². The molecule has 0 aromatic heterocycles. The number of sulfone groups is 1. The maximum Gasteiger partial charge on any atom is 0.323 e. The van der Waals surface area contributed by atoms with Gasteiger partial charge in [0.25, 0.3) is 0 Å². The number of carbonyl (C=O) groups is 3. The summed E-state index contributed by atoms with van der Waals surface area (Å²) in [5.41, 5.74) is 1.38. The molecule has 1 heterocycles. The minimum absolute atomic E-state index is 0.156. The second kappa shape index (κ2) is 8.50. The van der Waals surface area contributed by atoms with Gasteiger partial charge in [-0.2, -0.15) is 0 Å². The molecule has 0 spiro atoms. The Kier molecular flexibility index (Phi) is 6.17. The number of amides is 4. The lowest BCUT2D eigenvalue weighted by molar-refractivity contribution is -0.138. The first-order valence-corrected chi connectivity index (χ1v) is 11.8. The smallest absolute Gasteiger partial charge is 0.308 e. The van der Waals surface area contributed by atoms with E-state index in [4.69, 9.17) is 0 Å².